The summed E-state index contributed by atoms with van der Waals surface area (Å²) in [6.07, 6.45) is 0. The van der Waals surface area contributed by atoms with Gasteiger partial charge in [-0.25, -0.2) is 9.98 Å². The molecule has 0 fully saturated rings. The summed E-state index contributed by atoms with van der Waals surface area (Å²) in [6.45, 7) is 0. The van der Waals surface area contributed by atoms with Crippen LogP contribution in [0.1, 0.15) is 22.3 Å². The normalized spacial score (nSPS) is 12.5. The van der Waals surface area contributed by atoms with Crippen LogP contribution in [0.2, 0.25) is 0 Å². The van der Waals surface area contributed by atoms with Crippen molar-refractivity contribution in [1.82, 2.24) is 0 Å². The second kappa shape index (κ2) is 13.2. The number of aliphatic imine (C=N–C) groups is 2. The van der Waals surface area contributed by atoms with E-state index in [1.807, 2.05) is 0 Å². The average Bonchev–Trinajstić information content (AvgIpc) is 3.26. The van der Waals surface area contributed by atoms with Crippen molar-refractivity contribution in [3.8, 4) is 22.3 Å². The highest BCUT2D eigenvalue weighted by molar-refractivity contribution is 6.25. The number of hydrogen-bond donors (Lipinski definition) is 0. The van der Waals surface area contributed by atoms with Crippen LogP contribution in [0.4, 0.5) is 11.4 Å². The van der Waals surface area contributed by atoms with Crippen LogP contribution >= 0.6 is 0 Å². The van der Waals surface area contributed by atoms with Crippen LogP contribution in [0.25, 0.3) is 65.3 Å². The van der Waals surface area contributed by atoms with Crippen LogP contribution < -0.4 is 0 Å². The van der Waals surface area contributed by atoms with E-state index in [0.29, 0.717) is 0 Å². The molecule has 0 unspecified atom stereocenters. The van der Waals surface area contributed by atoms with Gasteiger partial charge in [-0.3, -0.25) is 0 Å². The van der Waals surface area contributed by atoms with Crippen LogP contribution in [0.15, 0.2) is 216 Å². The van der Waals surface area contributed by atoms with Crippen molar-refractivity contribution >= 4 is 65.9 Å². The Morgan fingerprint density at radius 3 is 0.911 bits per heavy atom. The van der Waals surface area contributed by atoms with Gasteiger partial charge in [0, 0.05) is 22.3 Å². The maximum Gasteiger partial charge on any atom is 0.0803 e. The number of rotatable bonds is 4. The SMILES string of the molecule is c1ccc(-c2ccc3cc(C4=Nc5cc6ccccc6cc5C(c5ccc6cc(-c7ccccc7)ccc6c5)=Nc5cc6ccccc6cc54)ccc3c2)cc1. The van der Waals surface area contributed by atoms with Gasteiger partial charge in [0.15, 0.2) is 0 Å². The van der Waals surface area contributed by atoms with E-state index in [-0.39, 0.29) is 0 Å². The fourth-order valence-corrected chi connectivity index (χ4v) is 8.23. The van der Waals surface area contributed by atoms with E-state index in [9.17, 15) is 0 Å². The lowest BCUT2D eigenvalue weighted by Crippen LogP contribution is -2.10. The number of fused-ring (bicyclic) bond motifs is 6. The van der Waals surface area contributed by atoms with E-state index in [1.54, 1.807) is 0 Å². The van der Waals surface area contributed by atoms with Crippen LogP contribution in [-0.4, -0.2) is 11.4 Å². The molecule has 0 saturated heterocycles. The van der Waals surface area contributed by atoms with E-state index in [1.165, 1.54) is 43.8 Å². The minimum absolute atomic E-state index is 0.898. The lowest BCUT2D eigenvalue weighted by Gasteiger charge is -2.20. The monoisotopic (exact) mass is 710 g/mol. The first kappa shape index (κ1) is 32.0. The van der Waals surface area contributed by atoms with Gasteiger partial charge >= 0.3 is 0 Å². The third kappa shape index (κ3) is 5.68. The molecule has 0 atom stereocenters. The molecule has 1 aliphatic heterocycles. The van der Waals surface area contributed by atoms with Crippen molar-refractivity contribution in [3.63, 3.8) is 0 Å². The Hall–Kier alpha value is -7.42. The first-order valence-electron chi connectivity index (χ1n) is 19.1. The van der Waals surface area contributed by atoms with E-state index in [0.717, 1.165) is 66.6 Å². The van der Waals surface area contributed by atoms with Crippen LogP contribution in [0.5, 0.6) is 0 Å². The Bertz CT molecular complexity index is 3010. The quantitative estimate of drug-likeness (QED) is 0.174. The molecule has 56 heavy (non-hydrogen) atoms. The predicted octanol–water partition coefficient (Wildman–Crippen LogP) is 14.3. The summed E-state index contributed by atoms with van der Waals surface area (Å²) in [6, 6.07) is 74.1. The molecule has 0 saturated carbocycles. The second-order valence-corrected chi connectivity index (χ2v) is 14.6. The third-order valence-corrected chi connectivity index (χ3v) is 11.1. The van der Waals surface area contributed by atoms with Gasteiger partial charge in [0.25, 0.3) is 0 Å². The largest absolute Gasteiger partial charge is 0.247 e. The zero-order valence-electron chi connectivity index (χ0n) is 30.5. The van der Waals surface area contributed by atoms with Crippen molar-refractivity contribution in [2.24, 2.45) is 9.98 Å². The number of hydrogen-bond acceptors (Lipinski definition) is 2. The Labute approximate surface area is 325 Å². The molecule has 0 aromatic heterocycles. The lowest BCUT2D eigenvalue weighted by molar-refractivity contribution is 1.41. The molecule has 0 aliphatic carbocycles. The average molecular weight is 711 g/mol. The van der Waals surface area contributed by atoms with E-state index < -0.39 is 0 Å². The van der Waals surface area contributed by atoms with Gasteiger partial charge in [0.2, 0.25) is 0 Å². The fourth-order valence-electron chi connectivity index (χ4n) is 8.23. The van der Waals surface area contributed by atoms with Crippen molar-refractivity contribution in [3.05, 3.63) is 229 Å². The Morgan fingerprint density at radius 1 is 0.214 bits per heavy atom. The first-order chi connectivity index (χ1) is 27.7. The van der Waals surface area contributed by atoms with Gasteiger partial charge in [-0.2, -0.15) is 0 Å². The van der Waals surface area contributed by atoms with Crippen LogP contribution in [0.3, 0.4) is 0 Å². The molecule has 1 heterocycles. The smallest absolute Gasteiger partial charge is 0.0803 e. The highest BCUT2D eigenvalue weighted by Gasteiger charge is 2.22. The van der Waals surface area contributed by atoms with Gasteiger partial charge in [0.1, 0.15) is 0 Å². The molecule has 11 rings (SSSR count). The molecule has 2 heteroatoms. The number of benzene rings is 10. The molecular formula is C54H34N2. The topological polar surface area (TPSA) is 24.7 Å². The van der Waals surface area contributed by atoms with Crippen LogP contribution in [0, 0.1) is 0 Å². The summed E-state index contributed by atoms with van der Waals surface area (Å²) < 4.78 is 0. The van der Waals surface area contributed by atoms with Gasteiger partial charge < -0.3 is 0 Å². The van der Waals surface area contributed by atoms with E-state index in [4.69, 9.17) is 9.98 Å². The number of nitrogens with zero attached hydrogens (tertiary/aromatic N) is 2. The molecule has 1 aliphatic rings. The molecule has 10 aromatic rings. The Morgan fingerprint density at radius 2 is 0.518 bits per heavy atom. The van der Waals surface area contributed by atoms with Gasteiger partial charge in [-0.05, 0) is 114 Å². The summed E-state index contributed by atoms with van der Waals surface area (Å²) >= 11 is 0. The van der Waals surface area contributed by atoms with Crippen molar-refractivity contribution in [1.29, 1.82) is 0 Å². The molecule has 0 bridgehead atoms. The van der Waals surface area contributed by atoms with Crippen molar-refractivity contribution < 1.29 is 0 Å². The Balaban J connectivity index is 1.13. The standard InChI is InChI=1S/C54H34N2/c1-3-11-35(12-4-1)41-19-21-45-29-47(25-23-43(45)27-41)53-49-31-37-15-7-9-17-39(37)33-51(49)56-54(50-32-38-16-8-10-18-40(38)34-52(50)55-53)48-26-24-44-28-42(20-22-46(44)30-48)36-13-5-2-6-14-36/h1-34H. The summed E-state index contributed by atoms with van der Waals surface area (Å²) in [5, 5.41) is 9.33. The summed E-state index contributed by atoms with van der Waals surface area (Å²) in [5.74, 6) is 0. The fraction of sp³-hybridized carbons (Fsp3) is 0. The zero-order valence-corrected chi connectivity index (χ0v) is 30.5. The summed E-state index contributed by atoms with van der Waals surface area (Å²) in [7, 11) is 0. The minimum atomic E-state index is 0.898. The molecule has 260 valence electrons. The minimum Gasteiger partial charge on any atom is -0.247 e. The third-order valence-electron chi connectivity index (χ3n) is 11.1. The molecule has 0 amide bonds. The van der Waals surface area contributed by atoms with Crippen LogP contribution in [-0.2, 0) is 0 Å². The molecule has 0 radical (unpaired) electrons. The van der Waals surface area contributed by atoms with Crippen molar-refractivity contribution in [2.75, 3.05) is 0 Å². The molecule has 2 nitrogen and oxygen atoms in total. The molecule has 0 spiro atoms. The van der Waals surface area contributed by atoms with Crippen molar-refractivity contribution in [2.45, 2.75) is 0 Å². The van der Waals surface area contributed by atoms with E-state index >= 15 is 0 Å². The maximum absolute atomic E-state index is 5.66. The zero-order chi connectivity index (χ0) is 37.0. The summed E-state index contributed by atoms with van der Waals surface area (Å²) in [4.78, 5) is 11.3. The van der Waals surface area contributed by atoms with Gasteiger partial charge in [-0.15, -0.1) is 0 Å². The molecule has 0 N–H and O–H groups in total. The molecule has 10 aromatic carbocycles. The highest BCUT2D eigenvalue weighted by Crippen LogP contribution is 2.39. The first-order valence-corrected chi connectivity index (χ1v) is 19.1. The highest BCUT2D eigenvalue weighted by atomic mass is 14.8. The van der Waals surface area contributed by atoms with Gasteiger partial charge in [-0.1, -0.05) is 158 Å². The Kier molecular flexibility index (Phi) is 7.53. The van der Waals surface area contributed by atoms with E-state index in [2.05, 4.69) is 206 Å². The molecular weight excluding hydrogens is 677 g/mol. The second-order valence-electron chi connectivity index (χ2n) is 14.6. The predicted molar refractivity (Wildman–Crippen MR) is 237 cm³/mol. The van der Waals surface area contributed by atoms with Gasteiger partial charge in [0.05, 0.1) is 22.8 Å². The lowest BCUT2D eigenvalue weighted by atomic mass is 9.91. The maximum atomic E-state index is 5.66. The summed E-state index contributed by atoms with van der Waals surface area (Å²) in [5.41, 5.74) is 12.6.